The molecule has 3 heteroatoms. The van der Waals surface area contributed by atoms with Crippen molar-refractivity contribution in [2.45, 2.75) is 13.3 Å². The molecule has 3 nitrogen and oxygen atoms in total. The normalized spacial score (nSPS) is 11.2. The highest BCUT2D eigenvalue weighted by Crippen LogP contribution is 2.27. The van der Waals surface area contributed by atoms with Crippen molar-refractivity contribution in [2.75, 3.05) is 0 Å². The molecule has 23 heavy (non-hydrogen) atoms. The fraction of sp³-hybridized carbons (Fsp3) is 0.100. The number of carbonyl (C=O) groups is 1. The number of nitrogens with one attached hydrogen (secondary N) is 1. The molecule has 1 N–H and O–H groups in total. The van der Waals surface area contributed by atoms with Crippen LogP contribution < -0.4 is 0 Å². The number of aryl methyl sites for hydroxylation is 1. The summed E-state index contributed by atoms with van der Waals surface area (Å²) in [5.74, 6) is 0.0333. The van der Waals surface area contributed by atoms with Gasteiger partial charge in [0.25, 0.3) is 0 Å². The first kappa shape index (κ1) is 13.7. The molecule has 0 amide bonds. The second kappa shape index (κ2) is 5.36. The maximum Gasteiger partial charge on any atom is 0.187 e. The largest absolute Gasteiger partial charge is 0.353 e. The minimum absolute atomic E-state index is 0.0333. The number of pyridine rings is 1. The molecule has 2 aromatic carbocycles. The highest BCUT2D eigenvalue weighted by molar-refractivity contribution is 6.14. The zero-order valence-electron chi connectivity index (χ0n) is 12.8. The molecular formula is C20H16N2O. The van der Waals surface area contributed by atoms with Crippen LogP contribution in [-0.2, 0) is 6.42 Å². The molecule has 0 aliphatic rings. The van der Waals surface area contributed by atoms with E-state index >= 15 is 0 Å². The number of para-hydroxylation sites is 1. The summed E-state index contributed by atoms with van der Waals surface area (Å²) in [5.41, 5.74) is 4.57. The van der Waals surface area contributed by atoms with Gasteiger partial charge in [-0.05, 0) is 24.6 Å². The summed E-state index contributed by atoms with van der Waals surface area (Å²) in [6, 6.07) is 18.1. The van der Waals surface area contributed by atoms with Gasteiger partial charge in [0.15, 0.2) is 5.78 Å². The maximum atomic E-state index is 12.7. The van der Waals surface area contributed by atoms with Crippen molar-refractivity contribution in [2.24, 2.45) is 0 Å². The van der Waals surface area contributed by atoms with E-state index in [9.17, 15) is 4.79 Å². The Kier molecular flexibility index (Phi) is 3.19. The number of hydrogen-bond donors (Lipinski definition) is 1. The molecule has 4 aromatic rings. The van der Waals surface area contributed by atoms with Gasteiger partial charge in [-0.15, -0.1) is 0 Å². The van der Waals surface area contributed by atoms with Crippen LogP contribution in [0.15, 0.2) is 60.8 Å². The van der Waals surface area contributed by atoms with Crippen LogP contribution in [0.1, 0.15) is 21.6 Å². The van der Waals surface area contributed by atoms with Crippen LogP contribution in [0.3, 0.4) is 0 Å². The number of carbonyl (C=O) groups excluding carboxylic acids is 1. The Morgan fingerprint density at radius 2 is 1.78 bits per heavy atom. The third-order valence-electron chi connectivity index (χ3n) is 4.18. The lowest BCUT2D eigenvalue weighted by Crippen LogP contribution is -2.06. The minimum atomic E-state index is 0.0333. The third-order valence-corrected chi connectivity index (χ3v) is 4.18. The van der Waals surface area contributed by atoms with Crippen LogP contribution in [0.5, 0.6) is 0 Å². The van der Waals surface area contributed by atoms with Gasteiger partial charge in [-0.25, -0.2) is 0 Å². The lowest BCUT2D eigenvalue weighted by Gasteiger charge is -2.03. The molecule has 0 aliphatic carbocycles. The van der Waals surface area contributed by atoms with Gasteiger partial charge in [0.2, 0.25) is 0 Å². The average Bonchev–Trinajstić information content (AvgIpc) is 2.95. The Hall–Kier alpha value is -2.94. The van der Waals surface area contributed by atoms with Gasteiger partial charge in [0.1, 0.15) is 5.69 Å². The molecule has 112 valence electrons. The van der Waals surface area contributed by atoms with Gasteiger partial charge in [-0.3, -0.25) is 9.78 Å². The standard InChI is InChI=1S/C20H16N2O/c1-13-6-8-14(9-7-13)12-18(23)20-19-16(10-11-21-20)15-4-2-3-5-17(15)22-19/h2-11,22H,12H2,1H3. The monoisotopic (exact) mass is 300 g/mol. The molecule has 0 radical (unpaired) electrons. The molecular weight excluding hydrogens is 284 g/mol. The molecule has 4 rings (SSSR count). The molecule has 0 aliphatic heterocycles. The minimum Gasteiger partial charge on any atom is -0.353 e. The molecule has 0 atom stereocenters. The second-order valence-corrected chi connectivity index (χ2v) is 5.84. The van der Waals surface area contributed by atoms with Crippen LogP contribution >= 0.6 is 0 Å². The number of fused-ring (bicyclic) bond motifs is 3. The number of aromatic nitrogens is 2. The van der Waals surface area contributed by atoms with Crippen LogP contribution in [0.4, 0.5) is 0 Å². The molecule has 0 unspecified atom stereocenters. The van der Waals surface area contributed by atoms with E-state index < -0.39 is 0 Å². The van der Waals surface area contributed by atoms with Crippen molar-refractivity contribution >= 4 is 27.6 Å². The number of rotatable bonds is 3. The van der Waals surface area contributed by atoms with Gasteiger partial charge in [0, 0.05) is 28.9 Å². The number of benzene rings is 2. The molecule has 0 saturated heterocycles. The van der Waals surface area contributed by atoms with E-state index in [4.69, 9.17) is 0 Å². The second-order valence-electron chi connectivity index (χ2n) is 5.84. The van der Waals surface area contributed by atoms with E-state index in [0.717, 1.165) is 27.4 Å². The van der Waals surface area contributed by atoms with Crippen LogP contribution in [0.25, 0.3) is 21.8 Å². The first-order chi connectivity index (χ1) is 11.2. The Morgan fingerprint density at radius 3 is 2.61 bits per heavy atom. The van der Waals surface area contributed by atoms with E-state index in [1.165, 1.54) is 5.56 Å². The summed E-state index contributed by atoms with van der Waals surface area (Å²) in [5, 5.41) is 2.16. The average molecular weight is 300 g/mol. The van der Waals surface area contributed by atoms with Crippen molar-refractivity contribution in [1.82, 2.24) is 9.97 Å². The van der Waals surface area contributed by atoms with E-state index in [1.54, 1.807) is 6.20 Å². The van der Waals surface area contributed by atoms with E-state index in [0.29, 0.717) is 12.1 Å². The predicted octanol–water partition coefficient (Wildman–Crippen LogP) is 4.45. The number of Topliss-reactive ketones (excluding diaryl/α,β-unsaturated/α-hetero) is 1. The Bertz CT molecular complexity index is 1010. The SMILES string of the molecule is Cc1ccc(CC(=O)c2nccc3c2[nH]c2ccccc23)cc1. The molecule has 2 heterocycles. The summed E-state index contributed by atoms with van der Waals surface area (Å²) < 4.78 is 0. The zero-order valence-corrected chi connectivity index (χ0v) is 12.8. The Labute approximate surface area is 134 Å². The maximum absolute atomic E-state index is 12.7. The van der Waals surface area contributed by atoms with E-state index in [2.05, 4.69) is 16.0 Å². The number of aromatic amines is 1. The van der Waals surface area contributed by atoms with Crippen molar-refractivity contribution in [3.63, 3.8) is 0 Å². The Morgan fingerprint density at radius 1 is 1.00 bits per heavy atom. The topological polar surface area (TPSA) is 45.8 Å². The fourth-order valence-corrected chi connectivity index (χ4v) is 2.96. The van der Waals surface area contributed by atoms with Gasteiger partial charge in [-0.2, -0.15) is 0 Å². The van der Waals surface area contributed by atoms with Gasteiger partial charge < -0.3 is 4.98 Å². The molecule has 2 aromatic heterocycles. The smallest absolute Gasteiger partial charge is 0.187 e. The van der Waals surface area contributed by atoms with Gasteiger partial charge in [-0.1, -0.05) is 48.0 Å². The number of H-pyrrole nitrogens is 1. The van der Waals surface area contributed by atoms with Crippen LogP contribution in [-0.4, -0.2) is 15.8 Å². The molecule has 0 saturated carbocycles. The lowest BCUT2D eigenvalue weighted by atomic mass is 10.0. The zero-order chi connectivity index (χ0) is 15.8. The number of hydrogen-bond acceptors (Lipinski definition) is 2. The molecule has 0 bridgehead atoms. The van der Waals surface area contributed by atoms with Crippen LogP contribution in [0, 0.1) is 6.92 Å². The van der Waals surface area contributed by atoms with Crippen LogP contribution in [0.2, 0.25) is 0 Å². The predicted molar refractivity (Wildman–Crippen MR) is 92.8 cm³/mol. The molecule has 0 fully saturated rings. The highest BCUT2D eigenvalue weighted by atomic mass is 16.1. The number of ketones is 1. The quantitative estimate of drug-likeness (QED) is 0.568. The summed E-state index contributed by atoms with van der Waals surface area (Å²) in [7, 11) is 0. The summed E-state index contributed by atoms with van der Waals surface area (Å²) >= 11 is 0. The summed E-state index contributed by atoms with van der Waals surface area (Å²) in [4.78, 5) is 20.4. The third kappa shape index (κ3) is 2.40. The molecule has 0 spiro atoms. The van der Waals surface area contributed by atoms with Gasteiger partial charge >= 0.3 is 0 Å². The van der Waals surface area contributed by atoms with Crippen molar-refractivity contribution in [3.8, 4) is 0 Å². The number of nitrogens with zero attached hydrogens (tertiary/aromatic N) is 1. The van der Waals surface area contributed by atoms with E-state index in [-0.39, 0.29) is 5.78 Å². The first-order valence-electron chi connectivity index (χ1n) is 7.66. The summed E-state index contributed by atoms with van der Waals surface area (Å²) in [6.07, 6.45) is 2.08. The van der Waals surface area contributed by atoms with Gasteiger partial charge in [0.05, 0.1) is 5.52 Å². The van der Waals surface area contributed by atoms with Crippen molar-refractivity contribution in [3.05, 3.63) is 77.6 Å². The first-order valence-corrected chi connectivity index (χ1v) is 7.66. The fourth-order valence-electron chi connectivity index (χ4n) is 2.96. The Balaban J connectivity index is 1.78. The lowest BCUT2D eigenvalue weighted by molar-refractivity contribution is 0.0990. The summed E-state index contributed by atoms with van der Waals surface area (Å²) in [6.45, 7) is 2.04. The van der Waals surface area contributed by atoms with Crippen molar-refractivity contribution in [1.29, 1.82) is 0 Å². The van der Waals surface area contributed by atoms with Crippen molar-refractivity contribution < 1.29 is 4.79 Å². The highest BCUT2D eigenvalue weighted by Gasteiger charge is 2.15. The van der Waals surface area contributed by atoms with E-state index in [1.807, 2.05) is 55.5 Å².